The van der Waals surface area contributed by atoms with Gasteiger partial charge in [0.1, 0.15) is 5.82 Å². The minimum absolute atomic E-state index is 0.0133. The van der Waals surface area contributed by atoms with E-state index in [2.05, 4.69) is 9.36 Å². The molecule has 0 aliphatic carbocycles. The number of urea groups is 1. The number of nitrogens with zero attached hydrogens (tertiary/aromatic N) is 5. The highest BCUT2D eigenvalue weighted by atomic mass is 32.2. The second-order valence-corrected chi connectivity index (χ2v) is 11.3. The fourth-order valence-corrected chi connectivity index (χ4v) is 5.74. The number of hydrogen-bond acceptors (Lipinski definition) is 7. The maximum atomic E-state index is 14.5. The Balaban J connectivity index is 1.39. The van der Waals surface area contributed by atoms with Crippen LogP contribution in [0, 0.1) is 5.82 Å². The molecule has 1 aromatic heterocycles. The maximum absolute atomic E-state index is 14.5. The number of aromatic nitrogens is 2. The highest BCUT2D eigenvalue weighted by Gasteiger charge is 2.41. The summed E-state index contributed by atoms with van der Waals surface area (Å²) >= 11 is 0.706. The van der Waals surface area contributed by atoms with E-state index in [1.54, 1.807) is 9.80 Å². The third-order valence-corrected chi connectivity index (χ3v) is 7.95. The summed E-state index contributed by atoms with van der Waals surface area (Å²) in [5, 5.41) is 0.209. The first-order valence-electron chi connectivity index (χ1n) is 10.6. The highest BCUT2D eigenvalue weighted by Crippen LogP contribution is 2.33. The number of anilines is 1. The standard InChI is InChI=1S/C20H23F4N5O3S2/c1-12-10-28(11-13-3-4-15(9-16(13)21)34(2,31)32)19(30)29(12)14-5-7-27(8-6-14)18-25-17(26-33-18)20(22,23)24/h3-4,9,12,14H,5-8,10-11H2,1-2H3. The van der Waals surface area contributed by atoms with Crippen molar-refractivity contribution in [3.63, 3.8) is 0 Å². The first kappa shape index (κ1) is 24.6. The van der Waals surface area contributed by atoms with E-state index in [-0.39, 0.29) is 40.3 Å². The third-order valence-electron chi connectivity index (χ3n) is 6.06. The maximum Gasteiger partial charge on any atom is 0.452 e. The van der Waals surface area contributed by atoms with E-state index in [4.69, 9.17) is 0 Å². The number of hydrogen-bond donors (Lipinski definition) is 0. The molecule has 8 nitrogen and oxygen atoms in total. The molecule has 14 heteroatoms. The molecular formula is C20H23F4N5O3S2. The van der Waals surface area contributed by atoms with E-state index >= 15 is 0 Å². The summed E-state index contributed by atoms with van der Waals surface area (Å²) in [6.45, 7) is 3.18. The van der Waals surface area contributed by atoms with Crippen molar-refractivity contribution in [3.05, 3.63) is 35.4 Å². The monoisotopic (exact) mass is 521 g/mol. The Bertz CT molecular complexity index is 1180. The molecule has 0 radical (unpaired) electrons. The molecular weight excluding hydrogens is 498 g/mol. The number of benzene rings is 1. The molecule has 0 spiro atoms. The summed E-state index contributed by atoms with van der Waals surface area (Å²) in [5.74, 6) is -1.84. The van der Waals surface area contributed by atoms with Crippen LogP contribution in [-0.2, 0) is 22.6 Å². The van der Waals surface area contributed by atoms with Crippen molar-refractivity contribution in [2.75, 3.05) is 30.8 Å². The topological polar surface area (TPSA) is 86.7 Å². The van der Waals surface area contributed by atoms with Gasteiger partial charge < -0.3 is 14.7 Å². The molecule has 2 amide bonds. The lowest BCUT2D eigenvalue weighted by atomic mass is 10.0. The van der Waals surface area contributed by atoms with Crippen LogP contribution in [0.2, 0.25) is 0 Å². The largest absolute Gasteiger partial charge is 0.452 e. The van der Waals surface area contributed by atoms with E-state index in [9.17, 15) is 30.8 Å². The normalized spacial score (nSPS) is 20.5. The molecule has 2 aliphatic rings. The summed E-state index contributed by atoms with van der Waals surface area (Å²) in [7, 11) is -3.54. The first-order chi connectivity index (χ1) is 15.8. The lowest BCUT2D eigenvalue weighted by molar-refractivity contribution is -0.144. The molecule has 0 bridgehead atoms. The number of carbonyl (C=O) groups excluding carboxylic acids is 1. The molecule has 0 saturated carbocycles. The molecule has 34 heavy (non-hydrogen) atoms. The minimum atomic E-state index is -4.58. The van der Waals surface area contributed by atoms with Gasteiger partial charge >= 0.3 is 12.2 Å². The number of rotatable bonds is 5. The predicted octanol–water partition coefficient (Wildman–Crippen LogP) is 3.39. The van der Waals surface area contributed by atoms with Crippen molar-refractivity contribution >= 4 is 32.5 Å². The van der Waals surface area contributed by atoms with Crippen LogP contribution < -0.4 is 4.90 Å². The molecule has 4 rings (SSSR count). The van der Waals surface area contributed by atoms with E-state index in [1.807, 2.05) is 6.92 Å². The summed E-state index contributed by atoms with van der Waals surface area (Å²) < 4.78 is 79.4. The Morgan fingerprint density at radius 1 is 1.21 bits per heavy atom. The lowest BCUT2D eigenvalue weighted by Crippen LogP contribution is -2.48. The molecule has 1 atom stereocenters. The fourth-order valence-electron chi connectivity index (χ4n) is 4.37. The van der Waals surface area contributed by atoms with Crippen molar-refractivity contribution < 1.29 is 30.8 Å². The Kier molecular flexibility index (Phi) is 6.48. The van der Waals surface area contributed by atoms with Crippen LogP contribution in [0.3, 0.4) is 0 Å². The fraction of sp³-hybridized carbons (Fsp3) is 0.550. The van der Waals surface area contributed by atoms with Gasteiger partial charge in [0.2, 0.25) is 11.0 Å². The van der Waals surface area contributed by atoms with Gasteiger partial charge in [-0.3, -0.25) is 0 Å². The van der Waals surface area contributed by atoms with Gasteiger partial charge in [0.05, 0.1) is 11.4 Å². The van der Waals surface area contributed by atoms with Crippen molar-refractivity contribution in [1.29, 1.82) is 0 Å². The van der Waals surface area contributed by atoms with Gasteiger partial charge in [-0.15, -0.1) is 0 Å². The van der Waals surface area contributed by atoms with Crippen LogP contribution in [0.15, 0.2) is 23.1 Å². The van der Waals surface area contributed by atoms with Crippen LogP contribution in [0.25, 0.3) is 0 Å². The van der Waals surface area contributed by atoms with Gasteiger partial charge in [-0.25, -0.2) is 17.6 Å². The van der Waals surface area contributed by atoms with Crippen LogP contribution in [0.5, 0.6) is 0 Å². The van der Waals surface area contributed by atoms with E-state index in [0.717, 1.165) is 12.3 Å². The molecule has 2 aliphatic heterocycles. The zero-order chi connectivity index (χ0) is 24.8. The number of carbonyl (C=O) groups is 1. The zero-order valence-corrected chi connectivity index (χ0v) is 20.1. The SMILES string of the molecule is CC1CN(Cc2ccc(S(C)(=O)=O)cc2F)C(=O)N1C1CCN(c2nc(C(F)(F)F)ns2)CC1. The number of piperidine rings is 1. The summed E-state index contributed by atoms with van der Waals surface area (Å²) in [4.78, 5) is 21.6. The van der Waals surface area contributed by atoms with Crippen LogP contribution >= 0.6 is 11.5 Å². The second-order valence-electron chi connectivity index (χ2n) is 8.56. The number of halogens is 4. The molecule has 2 fully saturated rings. The number of sulfone groups is 1. The number of alkyl halides is 3. The average molecular weight is 522 g/mol. The average Bonchev–Trinajstić information content (AvgIpc) is 3.34. The molecule has 2 saturated heterocycles. The van der Waals surface area contributed by atoms with Crippen LogP contribution in [0.4, 0.5) is 27.5 Å². The quantitative estimate of drug-likeness (QED) is 0.561. The molecule has 186 valence electrons. The van der Waals surface area contributed by atoms with Gasteiger partial charge in [-0.1, -0.05) is 6.07 Å². The Labute approximate surface area is 198 Å². The lowest BCUT2D eigenvalue weighted by Gasteiger charge is -2.37. The van der Waals surface area contributed by atoms with Gasteiger partial charge in [-0.05, 0) is 31.9 Å². The van der Waals surface area contributed by atoms with Gasteiger partial charge in [0.25, 0.3) is 0 Å². The van der Waals surface area contributed by atoms with E-state index in [1.165, 1.54) is 17.0 Å². The van der Waals surface area contributed by atoms with E-state index in [0.29, 0.717) is 44.0 Å². The summed E-state index contributed by atoms with van der Waals surface area (Å²) in [6.07, 6.45) is -2.47. The molecule has 1 unspecified atom stereocenters. The second kappa shape index (κ2) is 8.95. The van der Waals surface area contributed by atoms with Crippen LogP contribution in [0.1, 0.15) is 31.2 Å². The van der Waals surface area contributed by atoms with Gasteiger partial charge in [0.15, 0.2) is 9.84 Å². The third kappa shape index (κ3) is 4.97. The minimum Gasteiger partial charge on any atom is -0.347 e. The Morgan fingerprint density at radius 3 is 2.44 bits per heavy atom. The van der Waals surface area contributed by atoms with Gasteiger partial charge in [-0.2, -0.15) is 22.5 Å². The van der Waals surface area contributed by atoms with E-state index < -0.39 is 27.7 Å². The van der Waals surface area contributed by atoms with Crippen molar-refractivity contribution in [1.82, 2.24) is 19.2 Å². The predicted molar refractivity (Wildman–Crippen MR) is 117 cm³/mol. The summed E-state index contributed by atoms with van der Waals surface area (Å²) in [5.41, 5.74) is 0.223. The molecule has 1 aromatic carbocycles. The number of amides is 2. The molecule has 0 N–H and O–H groups in total. The zero-order valence-electron chi connectivity index (χ0n) is 18.4. The highest BCUT2D eigenvalue weighted by molar-refractivity contribution is 7.90. The van der Waals surface area contributed by atoms with Crippen molar-refractivity contribution in [2.24, 2.45) is 0 Å². The molecule has 3 heterocycles. The smallest absolute Gasteiger partial charge is 0.347 e. The van der Waals surface area contributed by atoms with Crippen LogP contribution in [-0.4, -0.2) is 71.6 Å². The Morgan fingerprint density at radius 2 is 1.88 bits per heavy atom. The van der Waals surface area contributed by atoms with Gasteiger partial charge in [0, 0.05) is 55.1 Å². The first-order valence-corrected chi connectivity index (χ1v) is 13.2. The summed E-state index contributed by atoms with van der Waals surface area (Å²) in [6, 6.07) is 3.19. The molecule has 2 aromatic rings. The van der Waals surface area contributed by atoms with Crippen molar-refractivity contribution in [2.45, 2.75) is 49.5 Å². The van der Waals surface area contributed by atoms with Crippen molar-refractivity contribution in [3.8, 4) is 0 Å². The Hall–Kier alpha value is -2.48.